The number of nitriles is 1. The Kier molecular flexibility index (Phi) is 6.01. The molecule has 132 valence electrons. The predicted molar refractivity (Wildman–Crippen MR) is 94.1 cm³/mol. The lowest BCUT2D eigenvalue weighted by Crippen LogP contribution is -2.23. The Labute approximate surface area is 149 Å². The van der Waals surface area contributed by atoms with Crippen LogP contribution in [0.4, 0.5) is 5.69 Å². The highest BCUT2D eigenvalue weighted by molar-refractivity contribution is 6.02. The number of carbonyl (C=O) groups is 2. The summed E-state index contributed by atoms with van der Waals surface area (Å²) in [5.74, 6) is -1.15. The molecule has 0 spiro atoms. The molecule has 0 saturated heterocycles. The minimum Gasteiger partial charge on any atom is -0.462 e. The molecule has 0 radical (unpaired) electrons. The number of aryl methyl sites for hydroxylation is 1. The largest absolute Gasteiger partial charge is 0.462 e. The van der Waals surface area contributed by atoms with E-state index >= 15 is 0 Å². The fraction of sp³-hybridized carbons (Fsp3) is 0.167. The van der Waals surface area contributed by atoms with Gasteiger partial charge in [0.15, 0.2) is 0 Å². The van der Waals surface area contributed by atoms with Crippen LogP contribution in [-0.4, -0.2) is 28.3 Å². The third kappa shape index (κ3) is 4.64. The second-order valence-corrected chi connectivity index (χ2v) is 5.15. The van der Waals surface area contributed by atoms with Crippen molar-refractivity contribution in [1.82, 2.24) is 9.78 Å². The number of hydrogen-bond acceptors (Lipinski definition) is 6. The lowest BCUT2D eigenvalue weighted by molar-refractivity contribution is -0.137. The number of aromatic nitrogens is 2. The number of ether oxygens (including phenoxy) is 1. The lowest BCUT2D eigenvalue weighted by Gasteiger charge is -2.06. The van der Waals surface area contributed by atoms with Crippen LogP contribution in [0, 0.1) is 11.3 Å². The smallest absolute Gasteiger partial charge is 0.348 e. The van der Waals surface area contributed by atoms with Gasteiger partial charge in [-0.25, -0.2) is 9.48 Å². The van der Waals surface area contributed by atoms with E-state index in [9.17, 15) is 14.4 Å². The fourth-order valence-electron chi connectivity index (χ4n) is 1.99. The van der Waals surface area contributed by atoms with Gasteiger partial charge in [0.2, 0.25) is 0 Å². The fourth-order valence-corrected chi connectivity index (χ4v) is 1.99. The molecule has 0 atom stereocenters. The molecule has 8 nitrogen and oxygen atoms in total. The summed E-state index contributed by atoms with van der Waals surface area (Å²) in [6.07, 6.45) is 1.40. The third-order valence-electron chi connectivity index (χ3n) is 3.29. The second-order valence-electron chi connectivity index (χ2n) is 5.15. The van der Waals surface area contributed by atoms with Gasteiger partial charge in [0, 0.05) is 18.8 Å². The maximum absolute atomic E-state index is 12.1. The summed E-state index contributed by atoms with van der Waals surface area (Å²) < 4.78 is 5.86. The van der Waals surface area contributed by atoms with Gasteiger partial charge in [0.05, 0.1) is 6.61 Å². The average molecular weight is 352 g/mol. The zero-order chi connectivity index (χ0) is 19.1. The van der Waals surface area contributed by atoms with E-state index in [2.05, 4.69) is 10.4 Å². The standard InChI is InChI=1S/C18H16N4O4/c1-3-26-18(25)13(11-19)10-12-4-6-14(7-5-12)20-17(24)15-8-9-16(23)22(2)21-15/h4-10H,3H2,1-2H3,(H,20,24)/b13-10+. The van der Waals surface area contributed by atoms with Crippen molar-refractivity contribution in [3.63, 3.8) is 0 Å². The quantitative estimate of drug-likeness (QED) is 0.495. The van der Waals surface area contributed by atoms with Crippen LogP contribution in [0.15, 0.2) is 46.8 Å². The molecule has 0 aliphatic carbocycles. The normalized spacial score (nSPS) is 10.7. The Morgan fingerprint density at radius 3 is 2.54 bits per heavy atom. The first-order chi connectivity index (χ1) is 12.4. The monoisotopic (exact) mass is 352 g/mol. The number of anilines is 1. The van der Waals surface area contributed by atoms with E-state index in [0.29, 0.717) is 11.3 Å². The molecule has 1 heterocycles. The molecule has 0 saturated carbocycles. The Hall–Kier alpha value is -3.73. The van der Waals surface area contributed by atoms with Crippen LogP contribution in [0.25, 0.3) is 6.08 Å². The number of benzene rings is 1. The third-order valence-corrected chi connectivity index (χ3v) is 3.29. The Morgan fingerprint density at radius 1 is 1.27 bits per heavy atom. The molecule has 1 aromatic carbocycles. The van der Waals surface area contributed by atoms with Gasteiger partial charge in [-0.3, -0.25) is 9.59 Å². The van der Waals surface area contributed by atoms with Crippen molar-refractivity contribution in [3.05, 3.63) is 63.6 Å². The highest BCUT2D eigenvalue weighted by atomic mass is 16.5. The van der Waals surface area contributed by atoms with Crippen molar-refractivity contribution in [2.24, 2.45) is 7.05 Å². The van der Waals surface area contributed by atoms with Crippen molar-refractivity contribution in [2.45, 2.75) is 6.92 Å². The van der Waals surface area contributed by atoms with Crippen LogP contribution in [-0.2, 0) is 16.6 Å². The highest BCUT2D eigenvalue weighted by Gasteiger charge is 2.11. The van der Waals surface area contributed by atoms with Crippen molar-refractivity contribution in [1.29, 1.82) is 5.26 Å². The number of nitrogens with one attached hydrogen (secondary N) is 1. The Balaban J connectivity index is 2.13. The van der Waals surface area contributed by atoms with E-state index in [4.69, 9.17) is 10.00 Å². The van der Waals surface area contributed by atoms with Crippen molar-refractivity contribution >= 4 is 23.6 Å². The first-order valence-electron chi connectivity index (χ1n) is 7.69. The van der Waals surface area contributed by atoms with E-state index in [0.717, 1.165) is 4.68 Å². The molecule has 2 rings (SSSR count). The molecular formula is C18H16N4O4. The number of carbonyl (C=O) groups excluding carboxylic acids is 2. The summed E-state index contributed by atoms with van der Waals surface area (Å²) >= 11 is 0. The Bertz CT molecular complexity index is 952. The number of hydrogen-bond donors (Lipinski definition) is 1. The van der Waals surface area contributed by atoms with Gasteiger partial charge in [-0.15, -0.1) is 0 Å². The van der Waals surface area contributed by atoms with E-state index in [1.54, 1.807) is 37.3 Å². The summed E-state index contributed by atoms with van der Waals surface area (Å²) in [4.78, 5) is 35.0. The van der Waals surface area contributed by atoms with Crippen molar-refractivity contribution in [2.75, 3.05) is 11.9 Å². The summed E-state index contributed by atoms with van der Waals surface area (Å²) in [6.45, 7) is 1.84. The molecule has 1 N–H and O–H groups in total. The molecule has 1 amide bonds. The van der Waals surface area contributed by atoms with Gasteiger partial charge in [-0.1, -0.05) is 12.1 Å². The van der Waals surface area contributed by atoms with E-state index in [-0.39, 0.29) is 23.4 Å². The van der Waals surface area contributed by atoms with Crippen molar-refractivity contribution in [3.8, 4) is 6.07 Å². The maximum Gasteiger partial charge on any atom is 0.348 e. The number of nitrogens with zero attached hydrogens (tertiary/aromatic N) is 3. The van der Waals surface area contributed by atoms with Gasteiger partial charge < -0.3 is 10.1 Å². The van der Waals surface area contributed by atoms with Gasteiger partial charge in [-0.2, -0.15) is 10.4 Å². The van der Waals surface area contributed by atoms with Gasteiger partial charge in [-0.05, 0) is 36.8 Å². The number of esters is 1. The zero-order valence-electron chi connectivity index (χ0n) is 14.2. The van der Waals surface area contributed by atoms with Crippen LogP contribution in [0.3, 0.4) is 0 Å². The van der Waals surface area contributed by atoms with Crippen LogP contribution in [0.2, 0.25) is 0 Å². The van der Waals surface area contributed by atoms with Crippen LogP contribution in [0.1, 0.15) is 23.0 Å². The second kappa shape index (κ2) is 8.39. The molecule has 0 aliphatic rings. The molecule has 2 aromatic rings. The molecule has 0 unspecified atom stereocenters. The lowest BCUT2D eigenvalue weighted by atomic mass is 10.1. The van der Waals surface area contributed by atoms with Gasteiger partial charge >= 0.3 is 5.97 Å². The summed E-state index contributed by atoms with van der Waals surface area (Å²) in [6, 6.07) is 10.9. The van der Waals surface area contributed by atoms with Crippen LogP contribution in [0.5, 0.6) is 0 Å². The van der Waals surface area contributed by atoms with Crippen molar-refractivity contribution < 1.29 is 14.3 Å². The minimum absolute atomic E-state index is 0.102. The van der Waals surface area contributed by atoms with E-state index < -0.39 is 11.9 Å². The Morgan fingerprint density at radius 2 is 1.96 bits per heavy atom. The zero-order valence-corrected chi connectivity index (χ0v) is 14.2. The van der Waals surface area contributed by atoms with E-state index in [1.807, 2.05) is 0 Å². The average Bonchev–Trinajstić information content (AvgIpc) is 2.63. The molecule has 0 aliphatic heterocycles. The minimum atomic E-state index is -0.687. The molecule has 0 fully saturated rings. The summed E-state index contributed by atoms with van der Waals surface area (Å²) in [5.41, 5.74) is 0.779. The van der Waals surface area contributed by atoms with E-state index in [1.165, 1.54) is 25.3 Å². The van der Waals surface area contributed by atoms with Gasteiger partial charge in [0.25, 0.3) is 11.5 Å². The summed E-state index contributed by atoms with van der Waals surface area (Å²) in [5, 5.41) is 15.5. The first kappa shape index (κ1) is 18.6. The highest BCUT2D eigenvalue weighted by Crippen LogP contribution is 2.14. The van der Waals surface area contributed by atoms with Crippen LogP contribution >= 0.6 is 0 Å². The number of amides is 1. The summed E-state index contributed by atoms with van der Waals surface area (Å²) in [7, 11) is 1.45. The topological polar surface area (TPSA) is 114 Å². The van der Waals surface area contributed by atoms with Gasteiger partial charge in [0.1, 0.15) is 17.3 Å². The number of rotatable bonds is 5. The molecule has 26 heavy (non-hydrogen) atoms. The molecule has 1 aromatic heterocycles. The SMILES string of the molecule is CCOC(=O)/C(C#N)=C/c1ccc(NC(=O)c2ccc(=O)n(C)n2)cc1. The predicted octanol–water partition coefficient (Wildman–Crippen LogP) is 1.50. The molecular weight excluding hydrogens is 336 g/mol. The first-order valence-corrected chi connectivity index (χ1v) is 7.69. The molecule has 8 heteroatoms. The van der Waals surface area contributed by atoms with Crippen LogP contribution < -0.4 is 10.9 Å². The molecule has 0 bridgehead atoms. The maximum atomic E-state index is 12.1.